The second-order valence-corrected chi connectivity index (χ2v) is 6.56. The van der Waals surface area contributed by atoms with Crippen molar-refractivity contribution in [1.29, 1.82) is 0 Å². The van der Waals surface area contributed by atoms with Crippen LogP contribution in [0.25, 0.3) is 28.1 Å². The van der Waals surface area contributed by atoms with Crippen LogP contribution in [0, 0.1) is 10.1 Å². The predicted octanol–water partition coefficient (Wildman–Crippen LogP) is 3.13. The van der Waals surface area contributed by atoms with Gasteiger partial charge >= 0.3 is 0 Å². The highest BCUT2D eigenvalue weighted by Gasteiger charge is 2.14. The lowest BCUT2D eigenvalue weighted by molar-refractivity contribution is -0.384. The molecule has 0 unspecified atom stereocenters. The van der Waals surface area contributed by atoms with Crippen LogP contribution in [0.2, 0.25) is 0 Å². The summed E-state index contributed by atoms with van der Waals surface area (Å²) < 4.78 is 3.25. The summed E-state index contributed by atoms with van der Waals surface area (Å²) in [5, 5.41) is 20.0. The van der Waals surface area contributed by atoms with E-state index in [1.165, 1.54) is 16.7 Å². The second kappa shape index (κ2) is 6.69. The monoisotopic (exact) mass is 376 g/mol. The van der Waals surface area contributed by atoms with E-state index in [2.05, 4.69) is 15.2 Å². The molecule has 4 rings (SSSR count). The quantitative estimate of drug-likeness (QED) is 0.400. The zero-order chi connectivity index (χ0) is 19.8. The van der Waals surface area contributed by atoms with E-state index in [1.807, 2.05) is 18.4 Å². The molecule has 0 atom stereocenters. The minimum Gasteiger partial charge on any atom is -0.310 e. The van der Waals surface area contributed by atoms with E-state index in [0.29, 0.717) is 22.7 Å². The Morgan fingerprint density at radius 1 is 1.14 bits per heavy atom. The molecule has 0 fully saturated rings. The molecule has 1 aromatic carbocycles. The largest absolute Gasteiger partial charge is 0.310 e. The van der Waals surface area contributed by atoms with Crippen LogP contribution in [0.3, 0.4) is 0 Å². The normalized spacial score (nSPS) is 11.2. The highest BCUT2D eigenvalue weighted by atomic mass is 16.6. The summed E-state index contributed by atoms with van der Waals surface area (Å²) in [5.74, 6) is 0.996. The summed E-state index contributed by atoms with van der Waals surface area (Å²) in [7, 11) is 0. The average molecular weight is 376 g/mol. The van der Waals surface area contributed by atoms with Crippen LogP contribution in [0.5, 0.6) is 0 Å². The molecule has 4 aromatic rings. The van der Waals surface area contributed by atoms with E-state index in [-0.39, 0.29) is 22.7 Å². The number of rotatable bonds is 4. The summed E-state index contributed by atoms with van der Waals surface area (Å²) in [5.41, 5.74) is 0.0695. The Kier molecular flexibility index (Phi) is 4.19. The maximum Gasteiger partial charge on any atom is 0.270 e. The maximum atomic E-state index is 12.9. The maximum absolute atomic E-state index is 12.9. The summed E-state index contributed by atoms with van der Waals surface area (Å²) in [4.78, 5) is 28.0. The molecule has 0 saturated heterocycles. The SMILES string of the molecule is CC(C)n1cnnc1-c1cccc(-n2ccc3ccc([N+](=O)[O-])cc3c2=O)n1. The van der Waals surface area contributed by atoms with Crippen LogP contribution in [-0.4, -0.2) is 29.2 Å². The number of nitro benzene ring substituents is 1. The Labute approximate surface area is 159 Å². The summed E-state index contributed by atoms with van der Waals surface area (Å²) in [6.07, 6.45) is 3.24. The van der Waals surface area contributed by atoms with E-state index >= 15 is 0 Å². The van der Waals surface area contributed by atoms with Crippen LogP contribution < -0.4 is 5.56 Å². The van der Waals surface area contributed by atoms with Gasteiger partial charge in [-0.1, -0.05) is 6.07 Å². The first kappa shape index (κ1) is 17.5. The van der Waals surface area contributed by atoms with Crippen molar-refractivity contribution in [3.8, 4) is 17.3 Å². The first-order valence-electron chi connectivity index (χ1n) is 8.63. The Morgan fingerprint density at radius 3 is 2.71 bits per heavy atom. The fourth-order valence-corrected chi connectivity index (χ4v) is 3.01. The van der Waals surface area contributed by atoms with E-state index in [1.54, 1.807) is 42.9 Å². The number of hydrogen-bond donors (Lipinski definition) is 0. The molecule has 0 N–H and O–H groups in total. The minimum absolute atomic E-state index is 0.130. The zero-order valence-corrected chi connectivity index (χ0v) is 15.2. The van der Waals surface area contributed by atoms with Gasteiger partial charge in [0.15, 0.2) is 5.82 Å². The third-order valence-corrected chi connectivity index (χ3v) is 4.44. The molecule has 140 valence electrons. The molecule has 28 heavy (non-hydrogen) atoms. The lowest BCUT2D eigenvalue weighted by Gasteiger charge is -2.11. The molecule has 0 saturated carbocycles. The number of benzene rings is 1. The topological polar surface area (TPSA) is 109 Å². The first-order valence-corrected chi connectivity index (χ1v) is 8.63. The number of nitro groups is 1. The number of nitrogens with zero attached hydrogens (tertiary/aromatic N) is 6. The Balaban J connectivity index is 1.87. The minimum atomic E-state index is -0.520. The van der Waals surface area contributed by atoms with Gasteiger partial charge in [-0.2, -0.15) is 0 Å². The zero-order valence-electron chi connectivity index (χ0n) is 15.2. The van der Waals surface area contributed by atoms with Gasteiger partial charge in [0.1, 0.15) is 17.8 Å². The Bertz CT molecular complexity index is 1260. The lowest BCUT2D eigenvalue weighted by atomic mass is 10.1. The second-order valence-electron chi connectivity index (χ2n) is 6.56. The van der Waals surface area contributed by atoms with Crippen molar-refractivity contribution in [1.82, 2.24) is 24.3 Å². The van der Waals surface area contributed by atoms with Crippen LogP contribution in [0.4, 0.5) is 5.69 Å². The van der Waals surface area contributed by atoms with Crippen molar-refractivity contribution in [3.63, 3.8) is 0 Å². The summed E-state index contributed by atoms with van der Waals surface area (Å²) >= 11 is 0. The third kappa shape index (κ3) is 2.92. The molecule has 0 spiro atoms. The van der Waals surface area contributed by atoms with Gasteiger partial charge in [0.05, 0.1) is 10.3 Å². The van der Waals surface area contributed by atoms with Crippen molar-refractivity contribution in [2.24, 2.45) is 0 Å². The van der Waals surface area contributed by atoms with Crippen LogP contribution >= 0.6 is 0 Å². The van der Waals surface area contributed by atoms with Gasteiger partial charge in [-0.05, 0) is 43.5 Å². The van der Waals surface area contributed by atoms with Gasteiger partial charge < -0.3 is 4.57 Å². The predicted molar refractivity (Wildman–Crippen MR) is 103 cm³/mol. The van der Waals surface area contributed by atoms with E-state index in [0.717, 1.165) is 0 Å². The highest BCUT2D eigenvalue weighted by molar-refractivity contribution is 5.83. The number of fused-ring (bicyclic) bond motifs is 1. The third-order valence-electron chi connectivity index (χ3n) is 4.44. The first-order chi connectivity index (χ1) is 13.5. The molecular formula is C19H16N6O3. The van der Waals surface area contributed by atoms with Crippen molar-refractivity contribution in [2.45, 2.75) is 19.9 Å². The van der Waals surface area contributed by atoms with Gasteiger partial charge in [0.25, 0.3) is 11.2 Å². The Morgan fingerprint density at radius 2 is 1.96 bits per heavy atom. The van der Waals surface area contributed by atoms with Gasteiger partial charge in [0.2, 0.25) is 0 Å². The molecule has 0 aliphatic carbocycles. The fourth-order valence-electron chi connectivity index (χ4n) is 3.01. The van der Waals surface area contributed by atoms with Crippen molar-refractivity contribution in [2.75, 3.05) is 0 Å². The number of aromatic nitrogens is 5. The summed E-state index contributed by atoms with van der Waals surface area (Å²) in [6, 6.07) is 11.4. The molecule has 3 aromatic heterocycles. The average Bonchev–Trinajstić information content (AvgIpc) is 3.18. The van der Waals surface area contributed by atoms with Gasteiger partial charge in [0, 0.05) is 24.4 Å². The van der Waals surface area contributed by atoms with E-state index < -0.39 is 4.92 Å². The lowest BCUT2D eigenvalue weighted by Crippen LogP contribution is -2.19. The number of hydrogen-bond acceptors (Lipinski definition) is 6. The van der Waals surface area contributed by atoms with Gasteiger partial charge in [-0.3, -0.25) is 19.5 Å². The van der Waals surface area contributed by atoms with Crippen molar-refractivity contribution < 1.29 is 4.92 Å². The molecular weight excluding hydrogens is 360 g/mol. The van der Waals surface area contributed by atoms with Crippen LogP contribution in [0.1, 0.15) is 19.9 Å². The molecule has 0 aliphatic heterocycles. The van der Waals surface area contributed by atoms with E-state index in [9.17, 15) is 14.9 Å². The molecule has 0 radical (unpaired) electrons. The van der Waals surface area contributed by atoms with Crippen LogP contribution in [-0.2, 0) is 0 Å². The van der Waals surface area contributed by atoms with E-state index in [4.69, 9.17) is 0 Å². The number of pyridine rings is 2. The fraction of sp³-hybridized carbons (Fsp3) is 0.158. The number of non-ortho nitro benzene ring substituents is 1. The van der Waals surface area contributed by atoms with Crippen LogP contribution in [0.15, 0.2) is 59.8 Å². The molecule has 9 nitrogen and oxygen atoms in total. The molecule has 0 amide bonds. The van der Waals surface area contributed by atoms with Crippen molar-refractivity contribution in [3.05, 3.63) is 75.5 Å². The highest BCUT2D eigenvalue weighted by Crippen LogP contribution is 2.21. The molecule has 0 bridgehead atoms. The smallest absolute Gasteiger partial charge is 0.270 e. The Hall–Kier alpha value is -3.88. The molecule has 9 heteroatoms. The molecule has 0 aliphatic rings. The van der Waals surface area contributed by atoms with Gasteiger partial charge in [-0.15, -0.1) is 10.2 Å². The van der Waals surface area contributed by atoms with Crippen molar-refractivity contribution >= 4 is 16.5 Å². The van der Waals surface area contributed by atoms with Gasteiger partial charge in [-0.25, -0.2) is 4.98 Å². The molecule has 3 heterocycles. The standard InChI is InChI=1S/C19H16N6O3/c1-12(2)24-11-20-22-18(24)16-4-3-5-17(21-16)23-9-8-13-6-7-14(25(27)28)10-15(13)19(23)26/h3-12H,1-2H3. The summed E-state index contributed by atoms with van der Waals surface area (Å²) in [6.45, 7) is 4.02.